The number of hydrogen-bond acceptors (Lipinski definition) is 3. The first kappa shape index (κ1) is 14.8. The van der Waals surface area contributed by atoms with Crippen LogP contribution in [0.4, 0.5) is 0 Å². The van der Waals surface area contributed by atoms with Gasteiger partial charge in [0.25, 0.3) is 0 Å². The van der Waals surface area contributed by atoms with Gasteiger partial charge in [-0.05, 0) is 26.9 Å². The summed E-state index contributed by atoms with van der Waals surface area (Å²) >= 11 is 0. The van der Waals surface area contributed by atoms with Crippen LogP contribution in [-0.4, -0.2) is 44.0 Å². The van der Waals surface area contributed by atoms with E-state index in [-0.39, 0.29) is 56.9 Å². The third-order valence-corrected chi connectivity index (χ3v) is 2.52. The van der Waals surface area contributed by atoms with Crippen LogP contribution < -0.4 is 51.4 Å². The predicted molar refractivity (Wildman–Crippen MR) is 49.9 cm³/mol. The minimum Gasteiger partial charge on any atom is -0.409 e. The normalized spacial score (nSPS) is 19.1. The van der Waals surface area contributed by atoms with Gasteiger partial charge in [0.05, 0.1) is 0 Å². The first-order valence-corrected chi connectivity index (χ1v) is 4.36. The molecule has 0 aliphatic carbocycles. The van der Waals surface area contributed by atoms with E-state index in [9.17, 15) is 4.79 Å². The zero-order valence-corrected chi connectivity index (χ0v) is 12.2. The molecule has 0 unspecified atom stereocenters. The van der Waals surface area contributed by atoms with E-state index in [1.54, 1.807) is 6.29 Å². The number of ether oxygens (including phenoxy) is 1. The Hall–Kier alpha value is 0.786. The Morgan fingerprint density at radius 1 is 1.36 bits per heavy atom. The molecule has 0 radical (unpaired) electrons. The summed E-state index contributed by atoms with van der Waals surface area (Å²) in [5.41, 5.74) is -0.185. The molecule has 72 valence electrons. The maximum absolute atomic E-state index is 10.1. The second-order valence-corrected chi connectivity index (χ2v) is 3.39. The van der Waals surface area contributed by atoms with Crippen molar-refractivity contribution < 1.29 is 60.9 Å². The molecule has 1 rings (SSSR count). The topological polar surface area (TPSA) is 29.5 Å². The Bertz CT molecular complexity index is 236. The van der Waals surface area contributed by atoms with Gasteiger partial charge in [0.15, 0.2) is 0 Å². The van der Waals surface area contributed by atoms with Gasteiger partial charge in [-0.2, -0.15) is 0 Å². The van der Waals surface area contributed by atoms with E-state index in [1.165, 1.54) is 0 Å². The number of hydrogen-bond donors (Lipinski definition) is 0. The predicted octanol–water partition coefficient (Wildman–Crippen LogP) is -2.79. The van der Waals surface area contributed by atoms with Crippen LogP contribution >= 0.6 is 0 Å². The van der Waals surface area contributed by atoms with Crippen molar-refractivity contribution in [2.24, 2.45) is 0 Å². The van der Waals surface area contributed by atoms with Crippen molar-refractivity contribution in [1.29, 1.82) is 0 Å². The molecule has 1 aliphatic rings. The monoisotopic (exact) mass is 219 g/mol. The Morgan fingerprint density at radius 2 is 1.93 bits per heavy atom. The second kappa shape index (κ2) is 7.12. The molecule has 0 atom stereocenters. The molecule has 0 amide bonds. The molecule has 1 heterocycles. The molecule has 0 aromatic heterocycles. The third kappa shape index (κ3) is 3.74. The van der Waals surface area contributed by atoms with Gasteiger partial charge < -0.3 is 20.4 Å². The van der Waals surface area contributed by atoms with Gasteiger partial charge in [-0.3, -0.25) is 5.92 Å². The second-order valence-electron chi connectivity index (χ2n) is 3.39. The smallest absolute Gasteiger partial charge is 0.409 e. The maximum Gasteiger partial charge on any atom is 1.00 e. The summed E-state index contributed by atoms with van der Waals surface area (Å²) in [6.45, 7) is 1.43. The van der Waals surface area contributed by atoms with Gasteiger partial charge in [-0.25, -0.2) is 0 Å². The Balaban J connectivity index is 0.00000169. The molecule has 1 fully saturated rings. The van der Waals surface area contributed by atoms with Crippen molar-refractivity contribution in [3.8, 4) is 11.8 Å². The van der Waals surface area contributed by atoms with Crippen molar-refractivity contribution in [3.63, 3.8) is 0 Å². The molecule has 0 saturated carbocycles. The zero-order chi connectivity index (χ0) is 9.73. The molecule has 0 aromatic carbocycles. The van der Waals surface area contributed by atoms with Gasteiger partial charge in [-0.1, -0.05) is 0 Å². The largest absolute Gasteiger partial charge is 1.00 e. The van der Waals surface area contributed by atoms with Gasteiger partial charge in [-0.15, -0.1) is 0 Å². The average molecular weight is 219 g/mol. The first-order valence-electron chi connectivity index (χ1n) is 4.36. The molecule has 14 heavy (non-hydrogen) atoms. The molecule has 3 nitrogen and oxygen atoms in total. The number of carbonyl (C=O) groups excluding carboxylic acids is 1. The van der Waals surface area contributed by atoms with Crippen molar-refractivity contribution in [1.82, 2.24) is 4.90 Å². The Morgan fingerprint density at radius 3 is 2.36 bits per heavy atom. The Labute approximate surface area is 128 Å². The van der Waals surface area contributed by atoms with Crippen molar-refractivity contribution >= 4 is 6.29 Å². The summed E-state index contributed by atoms with van der Waals surface area (Å²) in [5, 5.41) is 0. The van der Waals surface area contributed by atoms with E-state index < -0.39 is 0 Å². The quantitative estimate of drug-likeness (QED) is 0.271. The van der Waals surface area contributed by atoms with Gasteiger partial charge >= 0.3 is 51.4 Å². The van der Waals surface area contributed by atoms with Gasteiger partial charge in [0.2, 0.25) is 0 Å². The zero-order valence-electron chi connectivity index (χ0n) is 9.09. The number of nitrogens with zero attached hydrogens (tertiary/aromatic N) is 1. The number of rotatable bonds is 1. The summed E-state index contributed by atoms with van der Waals surface area (Å²) < 4.78 is 5.26. The van der Waals surface area contributed by atoms with Gasteiger partial charge in [0, 0.05) is 25.0 Å². The molecule has 0 bridgehead atoms. The van der Waals surface area contributed by atoms with E-state index in [0.717, 1.165) is 12.8 Å². The minimum atomic E-state index is -0.185. The fourth-order valence-electron chi connectivity index (χ4n) is 1.53. The third-order valence-electron chi connectivity index (χ3n) is 2.52. The molecular weight excluding hydrogens is 205 g/mol. The van der Waals surface area contributed by atoms with Crippen LogP contribution in [0.15, 0.2) is 0 Å². The van der Waals surface area contributed by atoms with Crippen molar-refractivity contribution in [2.75, 3.05) is 27.3 Å². The van der Waals surface area contributed by atoms with E-state index in [2.05, 4.69) is 16.7 Å². The van der Waals surface area contributed by atoms with Gasteiger partial charge in [0.1, 0.15) is 0 Å². The molecule has 0 spiro atoms. The molecule has 0 aromatic rings. The molecule has 4 heteroatoms. The summed E-state index contributed by atoms with van der Waals surface area (Å²) in [4.78, 5) is 12.1. The summed E-state index contributed by atoms with van der Waals surface area (Å²) in [6.07, 6.45) is 3.33. The summed E-state index contributed by atoms with van der Waals surface area (Å²) in [6, 6.07) is 0. The van der Waals surface area contributed by atoms with Crippen molar-refractivity contribution in [2.45, 2.75) is 18.4 Å². The molecule has 1 saturated heterocycles. The average Bonchev–Trinajstić information content (AvgIpc) is 2.16. The fraction of sp³-hybridized carbons (Fsp3) is 0.700. The van der Waals surface area contributed by atoms with E-state index >= 15 is 0 Å². The Kier molecular flexibility index (Phi) is 7.52. The molecule has 0 N–H and O–H groups in total. The van der Waals surface area contributed by atoms with Crippen LogP contribution in [0, 0.1) is 11.8 Å². The molecule has 1 aliphatic heterocycles. The van der Waals surface area contributed by atoms with Crippen LogP contribution in [0.3, 0.4) is 0 Å². The van der Waals surface area contributed by atoms with E-state index in [0.29, 0.717) is 13.2 Å². The van der Waals surface area contributed by atoms with E-state index in [1.807, 2.05) is 14.1 Å². The maximum atomic E-state index is 10.1. The van der Waals surface area contributed by atoms with Crippen LogP contribution in [0.25, 0.3) is 0 Å². The standard InChI is InChI=1S/C10H14NO2.K/c1-11(2)10(4-3-7-12)5-8-13-9-6-10;/h5-6,8-9H2,1-2H3;/q-1;+1. The fourth-order valence-corrected chi connectivity index (χ4v) is 1.53. The first-order chi connectivity index (χ1) is 6.21. The van der Waals surface area contributed by atoms with Crippen LogP contribution in [-0.2, 0) is 9.53 Å². The van der Waals surface area contributed by atoms with Crippen molar-refractivity contribution in [3.05, 3.63) is 0 Å². The van der Waals surface area contributed by atoms with Crippen LogP contribution in [0.1, 0.15) is 12.8 Å². The van der Waals surface area contributed by atoms with Crippen LogP contribution in [0.2, 0.25) is 0 Å². The molecular formula is C10H14KNO2. The summed E-state index contributed by atoms with van der Waals surface area (Å²) in [7, 11) is 3.95. The van der Waals surface area contributed by atoms with Crippen LogP contribution in [0.5, 0.6) is 0 Å². The minimum absolute atomic E-state index is 0. The summed E-state index contributed by atoms with van der Waals surface area (Å²) in [5.74, 6) is 5.34. The SMILES string of the molecule is CN(C)C1(C#C[C-]=O)CCOCC1.[K+]. The van der Waals surface area contributed by atoms with E-state index in [4.69, 9.17) is 4.74 Å².